The van der Waals surface area contributed by atoms with Gasteiger partial charge in [-0.25, -0.2) is 0 Å². The van der Waals surface area contributed by atoms with Crippen LogP contribution in [0.1, 0.15) is 19.3 Å². The van der Waals surface area contributed by atoms with Gasteiger partial charge < -0.3 is 20.1 Å². The summed E-state index contributed by atoms with van der Waals surface area (Å²) in [5.74, 6) is 0.608. The van der Waals surface area contributed by atoms with Gasteiger partial charge in [0.1, 0.15) is 5.75 Å². The quantitative estimate of drug-likeness (QED) is 0.833. The summed E-state index contributed by atoms with van der Waals surface area (Å²) in [4.78, 5) is 11.9. The van der Waals surface area contributed by atoms with E-state index in [1.54, 1.807) is 14.2 Å². The fourth-order valence-electron chi connectivity index (χ4n) is 2.52. The number of benzene rings is 1. The molecule has 1 amide bonds. The number of hydrogen-bond donors (Lipinski definition) is 2. The zero-order valence-electron chi connectivity index (χ0n) is 12.0. The van der Waals surface area contributed by atoms with Crippen LogP contribution in [0, 0.1) is 0 Å². The van der Waals surface area contributed by atoms with Crippen molar-refractivity contribution in [1.82, 2.24) is 5.32 Å². The van der Waals surface area contributed by atoms with E-state index in [4.69, 9.17) is 9.47 Å². The van der Waals surface area contributed by atoms with E-state index in [-0.39, 0.29) is 5.91 Å². The first-order valence-electron chi connectivity index (χ1n) is 6.92. The average Bonchev–Trinajstić information content (AvgIpc) is 2.94. The molecule has 1 aromatic carbocycles. The number of methoxy groups -OCH3 is 2. The van der Waals surface area contributed by atoms with E-state index in [0.717, 1.165) is 19.3 Å². The van der Waals surface area contributed by atoms with Crippen molar-refractivity contribution in [2.45, 2.75) is 31.4 Å². The van der Waals surface area contributed by atoms with Gasteiger partial charge in [-0.1, -0.05) is 12.1 Å². The lowest BCUT2D eigenvalue weighted by Crippen LogP contribution is -2.35. The van der Waals surface area contributed by atoms with Gasteiger partial charge in [0.25, 0.3) is 0 Å². The fourth-order valence-corrected chi connectivity index (χ4v) is 2.52. The molecule has 1 aliphatic carbocycles. The summed E-state index contributed by atoms with van der Waals surface area (Å²) >= 11 is 0. The zero-order chi connectivity index (χ0) is 14.4. The van der Waals surface area contributed by atoms with Crippen LogP contribution in [-0.2, 0) is 9.53 Å². The molecule has 110 valence electrons. The predicted octanol–water partition coefficient (Wildman–Crippen LogP) is 1.79. The van der Waals surface area contributed by atoms with Crippen molar-refractivity contribution in [2.24, 2.45) is 0 Å². The molecule has 20 heavy (non-hydrogen) atoms. The molecule has 0 heterocycles. The van der Waals surface area contributed by atoms with Crippen LogP contribution in [0.4, 0.5) is 5.69 Å². The molecule has 1 fully saturated rings. The molecule has 1 saturated carbocycles. The number of amides is 1. The van der Waals surface area contributed by atoms with Crippen LogP contribution < -0.4 is 15.4 Å². The maximum absolute atomic E-state index is 11.9. The Hall–Kier alpha value is -1.59. The third kappa shape index (κ3) is 3.95. The van der Waals surface area contributed by atoms with Gasteiger partial charge in [-0.3, -0.25) is 4.79 Å². The Balaban J connectivity index is 1.78. The van der Waals surface area contributed by atoms with Crippen molar-refractivity contribution in [3.8, 4) is 5.75 Å². The second-order valence-electron chi connectivity index (χ2n) is 5.00. The topological polar surface area (TPSA) is 59.6 Å². The number of carbonyl (C=O) groups is 1. The average molecular weight is 278 g/mol. The molecule has 0 aliphatic heterocycles. The highest BCUT2D eigenvalue weighted by atomic mass is 16.5. The van der Waals surface area contributed by atoms with Crippen molar-refractivity contribution in [3.05, 3.63) is 24.3 Å². The van der Waals surface area contributed by atoms with Crippen molar-refractivity contribution in [3.63, 3.8) is 0 Å². The van der Waals surface area contributed by atoms with E-state index >= 15 is 0 Å². The van der Waals surface area contributed by atoms with Gasteiger partial charge in [-0.05, 0) is 31.4 Å². The van der Waals surface area contributed by atoms with Gasteiger partial charge in [0.15, 0.2) is 0 Å². The number of rotatable bonds is 6. The largest absolute Gasteiger partial charge is 0.495 e. The van der Waals surface area contributed by atoms with E-state index in [0.29, 0.717) is 30.1 Å². The highest BCUT2D eigenvalue weighted by molar-refractivity contribution is 5.93. The van der Waals surface area contributed by atoms with Crippen molar-refractivity contribution >= 4 is 11.6 Å². The lowest BCUT2D eigenvalue weighted by molar-refractivity contribution is -0.115. The molecule has 0 saturated heterocycles. The minimum atomic E-state index is -0.0598. The number of hydrogen-bond acceptors (Lipinski definition) is 4. The third-order valence-corrected chi connectivity index (χ3v) is 3.65. The number of para-hydroxylation sites is 2. The second kappa shape index (κ2) is 7.26. The van der Waals surface area contributed by atoms with Gasteiger partial charge in [-0.2, -0.15) is 0 Å². The Morgan fingerprint density at radius 2 is 2.10 bits per heavy atom. The SMILES string of the molecule is COc1ccccc1NC(=O)CNC1CCC(OC)C1. The molecule has 0 radical (unpaired) electrons. The summed E-state index contributed by atoms with van der Waals surface area (Å²) in [7, 11) is 3.33. The van der Waals surface area contributed by atoms with Crippen LogP contribution in [-0.4, -0.2) is 38.8 Å². The Kier molecular flexibility index (Phi) is 5.38. The minimum Gasteiger partial charge on any atom is -0.495 e. The molecular formula is C15H22N2O3. The Morgan fingerprint density at radius 1 is 1.30 bits per heavy atom. The lowest BCUT2D eigenvalue weighted by atomic mass is 10.2. The first kappa shape index (κ1) is 14.8. The van der Waals surface area contributed by atoms with Crippen LogP contribution in [0.15, 0.2) is 24.3 Å². The maximum Gasteiger partial charge on any atom is 0.238 e. The van der Waals surface area contributed by atoms with E-state index < -0.39 is 0 Å². The fraction of sp³-hybridized carbons (Fsp3) is 0.533. The number of anilines is 1. The molecule has 2 rings (SSSR count). The smallest absolute Gasteiger partial charge is 0.238 e. The Labute approximate surface area is 119 Å². The highest BCUT2D eigenvalue weighted by Crippen LogP contribution is 2.23. The monoisotopic (exact) mass is 278 g/mol. The Morgan fingerprint density at radius 3 is 2.80 bits per heavy atom. The standard InChI is InChI=1S/C15H22N2O3/c1-19-12-8-7-11(9-12)16-10-15(18)17-13-5-3-4-6-14(13)20-2/h3-6,11-12,16H,7-10H2,1-2H3,(H,17,18). The normalized spacial score (nSPS) is 21.7. The molecule has 2 unspecified atom stereocenters. The summed E-state index contributed by atoms with van der Waals surface area (Å²) in [6.07, 6.45) is 3.41. The van der Waals surface area contributed by atoms with E-state index in [1.807, 2.05) is 24.3 Å². The highest BCUT2D eigenvalue weighted by Gasteiger charge is 2.24. The van der Waals surface area contributed by atoms with E-state index in [2.05, 4.69) is 10.6 Å². The summed E-state index contributed by atoms with van der Waals surface area (Å²) in [5.41, 5.74) is 0.697. The molecule has 0 bridgehead atoms. The summed E-state index contributed by atoms with van der Waals surface area (Å²) in [6, 6.07) is 7.75. The number of carbonyl (C=O) groups excluding carboxylic acids is 1. The Bertz CT molecular complexity index is 450. The summed E-state index contributed by atoms with van der Waals surface area (Å²) in [5, 5.41) is 6.12. The van der Waals surface area contributed by atoms with Crippen LogP contribution in [0.25, 0.3) is 0 Å². The van der Waals surface area contributed by atoms with Crippen LogP contribution in [0.2, 0.25) is 0 Å². The van der Waals surface area contributed by atoms with Gasteiger partial charge in [0, 0.05) is 13.2 Å². The predicted molar refractivity (Wildman–Crippen MR) is 78.1 cm³/mol. The number of ether oxygens (including phenoxy) is 2. The molecular weight excluding hydrogens is 256 g/mol. The van der Waals surface area contributed by atoms with E-state index in [9.17, 15) is 4.79 Å². The maximum atomic E-state index is 11.9. The van der Waals surface area contributed by atoms with Crippen molar-refractivity contribution in [1.29, 1.82) is 0 Å². The molecule has 2 N–H and O–H groups in total. The zero-order valence-corrected chi connectivity index (χ0v) is 12.0. The van der Waals surface area contributed by atoms with E-state index in [1.165, 1.54) is 0 Å². The van der Waals surface area contributed by atoms with Gasteiger partial charge in [-0.15, -0.1) is 0 Å². The van der Waals surface area contributed by atoms with Crippen molar-refractivity contribution in [2.75, 3.05) is 26.1 Å². The first-order valence-corrected chi connectivity index (χ1v) is 6.92. The third-order valence-electron chi connectivity index (χ3n) is 3.65. The van der Waals surface area contributed by atoms with Gasteiger partial charge in [0.2, 0.25) is 5.91 Å². The molecule has 1 aromatic rings. The molecule has 2 atom stereocenters. The molecule has 1 aliphatic rings. The van der Waals surface area contributed by atoms with Crippen LogP contribution >= 0.6 is 0 Å². The lowest BCUT2D eigenvalue weighted by Gasteiger charge is -2.14. The second-order valence-corrected chi connectivity index (χ2v) is 5.00. The molecule has 0 aromatic heterocycles. The summed E-state index contributed by atoms with van der Waals surface area (Å²) in [6.45, 7) is 0.305. The molecule has 5 heteroatoms. The van der Waals surface area contributed by atoms with Gasteiger partial charge in [0.05, 0.1) is 25.4 Å². The number of nitrogens with one attached hydrogen (secondary N) is 2. The van der Waals surface area contributed by atoms with Gasteiger partial charge >= 0.3 is 0 Å². The molecule has 5 nitrogen and oxygen atoms in total. The van der Waals surface area contributed by atoms with Crippen LogP contribution in [0.3, 0.4) is 0 Å². The van der Waals surface area contributed by atoms with Crippen LogP contribution in [0.5, 0.6) is 5.75 Å². The molecule has 0 spiro atoms. The van der Waals surface area contributed by atoms with Crippen molar-refractivity contribution < 1.29 is 14.3 Å². The summed E-state index contributed by atoms with van der Waals surface area (Å²) < 4.78 is 10.5. The first-order chi connectivity index (χ1) is 9.72. The minimum absolute atomic E-state index is 0.0598.